The third kappa shape index (κ3) is 4.35. The van der Waals surface area contributed by atoms with Crippen molar-refractivity contribution in [1.29, 1.82) is 5.26 Å². The molecule has 0 bridgehead atoms. The highest BCUT2D eigenvalue weighted by atomic mass is 16.5. The number of fused-ring (bicyclic) bond motifs is 2. The van der Waals surface area contributed by atoms with E-state index >= 15 is 0 Å². The van der Waals surface area contributed by atoms with E-state index < -0.39 is 0 Å². The predicted molar refractivity (Wildman–Crippen MR) is 133 cm³/mol. The molecule has 0 fully saturated rings. The first-order valence-electron chi connectivity index (χ1n) is 11.7. The lowest BCUT2D eigenvalue weighted by Gasteiger charge is -2.25. The van der Waals surface area contributed by atoms with Gasteiger partial charge in [0.15, 0.2) is 0 Å². The molecular weight excluding hydrogens is 442 g/mol. The van der Waals surface area contributed by atoms with Crippen LogP contribution in [-0.2, 0) is 9.53 Å². The van der Waals surface area contributed by atoms with Crippen LogP contribution in [0.15, 0.2) is 60.7 Å². The molecule has 2 aliphatic rings. The quantitative estimate of drug-likeness (QED) is 0.470. The summed E-state index contributed by atoms with van der Waals surface area (Å²) >= 11 is 0. The van der Waals surface area contributed by atoms with E-state index in [0.717, 1.165) is 46.2 Å². The minimum Gasteiger partial charge on any atom is -0.493 e. The number of hydrogen-bond donors (Lipinski definition) is 1. The van der Waals surface area contributed by atoms with Crippen LogP contribution in [0.3, 0.4) is 0 Å². The number of carbonyl (C=O) groups excluding carboxylic acids is 1. The van der Waals surface area contributed by atoms with E-state index in [-0.39, 0.29) is 17.9 Å². The Hall–Kier alpha value is -4.18. The lowest BCUT2D eigenvalue weighted by atomic mass is 9.97. The van der Waals surface area contributed by atoms with Gasteiger partial charge in [-0.25, -0.2) is 0 Å². The number of benzene rings is 3. The molecule has 7 nitrogen and oxygen atoms in total. The van der Waals surface area contributed by atoms with Gasteiger partial charge < -0.3 is 24.4 Å². The molecule has 35 heavy (non-hydrogen) atoms. The number of ether oxygens (including phenoxy) is 3. The maximum absolute atomic E-state index is 11.7. The summed E-state index contributed by atoms with van der Waals surface area (Å²) in [5.74, 6) is 1.46. The zero-order valence-corrected chi connectivity index (χ0v) is 19.8. The second kappa shape index (κ2) is 9.59. The molecule has 0 unspecified atom stereocenters. The summed E-state index contributed by atoms with van der Waals surface area (Å²) in [6.45, 7) is 3.86. The maximum atomic E-state index is 11.7. The van der Waals surface area contributed by atoms with Crippen molar-refractivity contribution in [3.05, 3.63) is 77.4 Å². The van der Waals surface area contributed by atoms with Crippen molar-refractivity contribution in [3.63, 3.8) is 0 Å². The van der Waals surface area contributed by atoms with Gasteiger partial charge in [-0.2, -0.15) is 5.26 Å². The maximum Gasteiger partial charge on any atom is 0.306 e. The molecule has 0 saturated heterocycles. The molecule has 1 N–H and O–H groups in total. The van der Waals surface area contributed by atoms with Crippen LogP contribution in [0.25, 0.3) is 0 Å². The number of hydrogen-bond acceptors (Lipinski definition) is 7. The van der Waals surface area contributed by atoms with Crippen molar-refractivity contribution >= 4 is 23.0 Å². The van der Waals surface area contributed by atoms with Gasteiger partial charge in [-0.1, -0.05) is 18.2 Å². The molecule has 0 aromatic heterocycles. The monoisotopic (exact) mass is 469 g/mol. The summed E-state index contributed by atoms with van der Waals surface area (Å²) in [4.78, 5) is 13.9. The lowest BCUT2D eigenvalue weighted by molar-refractivity contribution is -0.141. The highest BCUT2D eigenvalue weighted by Gasteiger charge is 2.30. The zero-order chi connectivity index (χ0) is 24.4. The standard InChI is InChI=1S/C28H27N3O4/c1-3-31(21-10-7-18(15-29)8-11-21)25-6-4-5-23-24(17-35-28(23)25)30-20-9-12-22-19(13-27(32)33-2)16-34-26(22)14-20/h4-12,14,19,24,30H,3,13,16-17H2,1-2H3/t19-,24-/m1/s1. The Bertz CT molecular complexity index is 1280. The molecule has 2 aliphatic heterocycles. The molecule has 3 aromatic carbocycles. The molecule has 5 rings (SSSR count). The van der Waals surface area contributed by atoms with Gasteiger partial charge in [0.05, 0.1) is 43.5 Å². The van der Waals surface area contributed by atoms with E-state index in [1.54, 1.807) is 0 Å². The average Bonchev–Trinajstić information content (AvgIpc) is 3.49. The molecule has 178 valence electrons. The number of para-hydroxylation sites is 1. The minimum atomic E-state index is -0.230. The van der Waals surface area contributed by atoms with Crippen molar-refractivity contribution in [2.75, 3.05) is 37.1 Å². The molecule has 0 saturated carbocycles. The largest absolute Gasteiger partial charge is 0.493 e. The van der Waals surface area contributed by atoms with E-state index in [1.165, 1.54) is 7.11 Å². The summed E-state index contributed by atoms with van der Waals surface area (Å²) in [6.07, 6.45) is 0.316. The average molecular weight is 470 g/mol. The van der Waals surface area contributed by atoms with Crippen molar-refractivity contribution in [2.24, 2.45) is 0 Å². The molecule has 0 spiro atoms. The van der Waals surface area contributed by atoms with Crippen LogP contribution in [-0.4, -0.2) is 32.8 Å². The number of carbonyl (C=O) groups is 1. The normalized spacial score (nSPS) is 17.4. The van der Waals surface area contributed by atoms with Gasteiger partial charge in [0, 0.05) is 41.0 Å². The molecule has 0 radical (unpaired) electrons. The molecule has 2 atom stereocenters. The Balaban J connectivity index is 1.36. The summed E-state index contributed by atoms with van der Waals surface area (Å²) in [5.41, 5.74) is 5.72. The first-order chi connectivity index (χ1) is 17.1. The predicted octanol–water partition coefficient (Wildman–Crippen LogP) is 5.30. The van der Waals surface area contributed by atoms with Crippen LogP contribution in [0.2, 0.25) is 0 Å². The Morgan fingerprint density at radius 3 is 2.69 bits per heavy atom. The highest BCUT2D eigenvalue weighted by molar-refractivity contribution is 5.73. The van der Waals surface area contributed by atoms with E-state index in [0.29, 0.717) is 25.2 Å². The Morgan fingerprint density at radius 2 is 1.94 bits per heavy atom. The number of nitriles is 1. The summed E-state index contributed by atoms with van der Waals surface area (Å²) in [5, 5.41) is 12.7. The van der Waals surface area contributed by atoms with Crippen molar-refractivity contribution in [3.8, 4) is 17.6 Å². The second-order valence-corrected chi connectivity index (χ2v) is 8.65. The molecule has 0 amide bonds. The van der Waals surface area contributed by atoms with Gasteiger partial charge in [-0.3, -0.25) is 4.79 Å². The van der Waals surface area contributed by atoms with E-state index in [9.17, 15) is 4.79 Å². The molecule has 7 heteroatoms. The molecule has 3 aromatic rings. The number of nitrogens with one attached hydrogen (secondary N) is 1. The number of rotatable bonds is 7. The van der Waals surface area contributed by atoms with E-state index in [2.05, 4.69) is 35.3 Å². The van der Waals surface area contributed by atoms with Crippen molar-refractivity contribution in [1.82, 2.24) is 0 Å². The van der Waals surface area contributed by atoms with Gasteiger partial charge in [0.25, 0.3) is 0 Å². The SMILES string of the molecule is CCN(c1ccc(C#N)cc1)c1cccc2c1OC[C@H]2Nc1ccc2c(c1)OC[C@H]2CC(=O)OC. The Labute approximate surface area is 204 Å². The van der Waals surface area contributed by atoms with Crippen molar-refractivity contribution in [2.45, 2.75) is 25.3 Å². The summed E-state index contributed by atoms with van der Waals surface area (Å²) in [6, 6.07) is 22.0. The van der Waals surface area contributed by atoms with Crippen molar-refractivity contribution < 1.29 is 19.0 Å². The fourth-order valence-corrected chi connectivity index (χ4v) is 4.79. The molecule has 2 heterocycles. The van der Waals surface area contributed by atoms with E-state index in [1.807, 2.05) is 48.5 Å². The van der Waals surface area contributed by atoms with Crippen LogP contribution in [0, 0.1) is 11.3 Å². The van der Waals surface area contributed by atoms with Gasteiger partial charge in [0.1, 0.15) is 18.1 Å². The van der Waals surface area contributed by atoms with Crippen LogP contribution >= 0.6 is 0 Å². The summed E-state index contributed by atoms with van der Waals surface area (Å²) in [7, 11) is 1.41. The first kappa shape index (κ1) is 22.6. The first-order valence-corrected chi connectivity index (χ1v) is 11.7. The topological polar surface area (TPSA) is 83.8 Å². The number of nitrogens with zero attached hydrogens (tertiary/aromatic N) is 2. The van der Waals surface area contributed by atoms with Crippen LogP contribution < -0.4 is 19.7 Å². The van der Waals surface area contributed by atoms with Crippen LogP contribution in [0.1, 0.15) is 42.0 Å². The molecular formula is C28H27N3O4. The zero-order valence-electron chi connectivity index (χ0n) is 19.8. The fourth-order valence-electron chi connectivity index (χ4n) is 4.79. The second-order valence-electron chi connectivity index (χ2n) is 8.65. The third-order valence-corrected chi connectivity index (χ3v) is 6.58. The smallest absolute Gasteiger partial charge is 0.306 e. The number of methoxy groups -OCH3 is 1. The van der Waals surface area contributed by atoms with Gasteiger partial charge in [0.2, 0.25) is 0 Å². The fraction of sp³-hybridized carbons (Fsp3) is 0.286. The van der Waals surface area contributed by atoms with E-state index in [4.69, 9.17) is 19.5 Å². The number of esters is 1. The van der Waals surface area contributed by atoms with Gasteiger partial charge >= 0.3 is 5.97 Å². The van der Waals surface area contributed by atoms with Gasteiger partial charge in [-0.15, -0.1) is 0 Å². The highest BCUT2D eigenvalue weighted by Crippen LogP contribution is 2.44. The lowest BCUT2D eigenvalue weighted by Crippen LogP contribution is -2.16. The molecule has 0 aliphatic carbocycles. The minimum absolute atomic E-state index is 0.00468. The summed E-state index contributed by atoms with van der Waals surface area (Å²) < 4.78 is 16.9. The Kier molecular flexibility index (Phi) is 6.19. The van der Waals surface area contributed by atoms with Crippen LogP contribution in [0.5, 0.6) is 11.5 Å². The Morgan fingerprint density at radius 1 is 1.11 bits per heavy atom. The number of anilines is 3. The third-order valence-electron chi connectivity index (χ3n) is 6.58. The van der Waals surface area contributed by atoms with Gasteiger partial charge in [-0.05, 0) is 43.3 Å². The van der Waals surface area contributed by atoms with Crippen LogP contribution in [0.4, 0.5) is 17.1 Å².